The van der Waals surface area contributed by atoms with E-state index in [9.17, 15) is 9.90 Å². The van der Waals surface area contributed by atoms with Crippen molar-refractivity contribution in [2.45, 2.75) is 26.3 Å². The molecule has 0 bridgehead atoms. The molecule has 2 aromatic carbocycles. The molecule has 0 unspecified atom stereocenters. The van der Waals surface area contributed by atoms with Gasteiger partial charge in [0.05, 0.1) is 34.4 Å². The Morgan fingerprint density at radius 3 is 2.79 bits per heavy atom. The first-order valence-corrected chi connectivity index (χ1v) is 10.9. The summed E-state index contributed by atoms with van der Waals surface area (Å²) in [6.07, 6.45) is 2.37. The summed E-state index contributed by atoms with van der Waals surface area (Å²) in [4.78, 5) is 18.8. The van der Waals surface area contributed by atoms with Gasteiger partial charge in [0.1, 0.15) is 17.3 Å². The van der Waals surface area contributed by atoms with Crippen LogP contribution in [-0.2, 0) is 6.54 Å². The van der Waals surface area contributed by atoms with E-state index in [0.29, 0.717) is 22.7 Å². The topological polar surface area (TPSA) is 67.8 Å². The lowest BCUT2D eigenvalue weighted by atomic mass is 9.98. The molecule has 0 spiro atoms. The summed E-state index contributed by atoms with van der Waals surface area (Å²) in [7, 11) is 0. The zero-order chi connectivity index (χ0) is 20.0. The number of likely N-dealkylation sites (tertiary alicyclic amines) is 1. The number of nitrogens with zero attached hydrogens (tertiary/aromatic N) is 1. The number of aromatic hydroxyl groups is 1. The molecule has 1 fully saturated rings. The van der Waals surface area contributed by atoms with E-state index < -0.39 is 5.63 Å². The second-order valence-corrected chi connectivity index (χ2v) is 9.06. The molecule has 1 aliphatic rings. The number of hydrogen-bond acceptors (Lipinski definition) is 5. The Labute approximate surface area is 172 Å². The zero-order valence-corrected chi connectivity index (χ0v) is 17.1. The third-order valence-electron chi connectivity index (χ3n) is 5.91. The van der Waals surface area contributed by atoms with Crippen LogP contribution in [0.25, 0.3) is 31.8 Å². The number of phenolic OH excluding ortho intramolecular Hbond substituents is 1. The Balaban J connectivity index is 1.57. The molecule has 0 aliphatic carbocycles. The second kappa shape index (κ2) is 7.28. The Morgan fingerprint density at radius 1 is 1.21 bits per heavy atom. The van der Waals surface area contributed by atoms with Crippen LogP contribution < -0.4 is 10.5 Å². The van der Waals surface area contributed by atoms with Crippen LogP contribution in [0.4, 0.5) is 0 Å². The highest BCUT2D eigenvalue weighted by molar-refractivity contribution is 7.21. The van der Waals surface area contributed by atoms with Crippen molar-refractivity contribution in [3.8, 4) is 16.3 Å². The van der Waals surface area contributed by atoms with Crippen LogP contribution in [0.1, 0.15) is 25.3 Å². The maximum atomic E-state index is 12.8. The highest BCUT2D eigenvalue weighted by Crippen LogP contribution is 2.32. The average molecular weight is 408 g/mol. The largest absolute Gasteiger partial charge is 0.507 e. The monoisotopic (exact) mass is 407 g/mol. The van der Waals surface area contributed by atoms with Crippen molar-refractivity contribution >= 4 is 32.5 Å². The van der Waals surface area contributed by atoms with Gasteiger partial charge in [0, 0.05) is 5.39 Å². The Kier molecular flexibility index (Phi) is 4.60. The molecular weight excluding hydrogens is 384 g/mol. The van der Waals surface area contributed by atoms with Gasteiger partial charge in [-0.15, -0.1) is 11.3 Å². The van der Waals surface area contributed by atoms with Crippen LogP contribution in [0, 0.1) is 5.92 Å². The lowest BCUT2D eigenvalue weighted by Gasteiger charge is -2.27. The predicted octanol–water partition coefficient (Wildman–Crippen LogP) is 3.59. The quantitative estimate of drug-likeness (QED) is 0.510. The number of piperidine rings is 1. The highest BCUT2D eigenvalue weighted by atomic mass is 32.1. The van der Waals surface area contributed by atoms with Gasteiger partial charge in [-0.25, -0.2) is 9.78 Å². The lowest BCUT2D eigenvalue weighted by molar-refractivity contribution is -0.919. The summed E-state index contributed by atoms with van der Waals surface area (Å²) < 4.78 is 6.79. The minimum Gasteiger partial charge on any atom is -0.507 e. The van der Waals surface area contributed by atoms with Crippen molar-refractivity contribution in [3.63, 3.8) is 0 Å². The third kappa shape index (κ3) is 3.43. The van der Waals surface area contributed by atoms with Gasteiger partial charge in [0.2, 0.25) is 0 Å². The van der Waals surface area contributed by atoms with Crippen LogP contribution in [0.15, 0.2) is 51.7 Å². The summed E-state index contributed by atoms with van der Waals surface area (Å²) in [6.45, 7) is 5.10. The summed E-state index contributed by atoms with van der Waals surface area (Å²) in [5, 5.41) is 12.0. The molecule has 1 saturated heterocycles. The number of thiazole rings is 1. The van der Waals surface area contributed by atoms with Crippen LogP contribution in [0.3, 0.4) is 0 Å². The number of fused-ring (bicyclic) bond motifs is 2. The van der Waals surface area contributed by atoms with Crippen molar-refractivity contribution in [2.24, 2.45) is 5.92 Å². The predicted molar refractivity (Wildman–Crippen MR) is 116 cm³/mol. The van der Waals surface area contributed by atoms with Crippen LogP contribution in [-0.4, -0.2) is 23.2 Å². The van der Waals surface area contributed by atoms with Gasteiger partial charge in [-0.1, -0.05) is 19.1 Å². The standard InChI is InChI=1S/C23H22N2O3S/c1-14-8-10-25(11-9-14)13-17-19(26)7-6-15-12-16(23(27)28-21(15)17)22-24-18-4-2-3-5-20(18)29-22/h2-7,12,14,26H,8-11,13H2,1H3/p+1. The van der Waals surface area contributed by atoms with Gasteiger partial charge in [-0.05, 0) is 49.1 Å². The SMILES string of the molecule is CC1CC[NH+](Cc2c(O)ccc3cc(-c4nc5ccccc5s4)c(=O)oc23)CC1. The Bertz CT molecular complexity index is 1220. The van der Waals surface area contributed by atoms with E-state index in [-0.39, 0.29) is 5.75 Å². The maximum Gasteiger partial charge on any atom is 0.346 e. The lowest BCUT2D eigenvalue weighted by Crippen LogP contribution is -3.11. The molecule has 3 heterocycles. The van der Waals surface area contributed by atoms with Gasteiger partial charge in [-0.3, -0.25) is 0 Å². The van der Waals surface area contributed by atoms with Crippen molar-refractivity contribution in [1.29, 1.82) is 0 Å². The van der Waals surface area contributed by atoms with Crippen molar-refractivity contribution in [3.05, 3.63) is 58.4 Å². The van der Waals surface area contributed by atoms with Gasteiger partial charge in [0.25, 0.3) is 0 Å². The van der Waals surface area contributed by atoms with Crippen molar-refractivity contribution in [2.75, 3.05) is 13.1 Å². The van der Waals surface area contributed by atoms with Crippen LogP contribution in [0.2, 0.25) is 0 Å². The zero-order valence-electron chi connectivity index (χ0n) is 16.3. The number of aromatic nitrogens is 1. The van der Waals surface area contributed by atoms with E-state index in [0.717, 1.165) is 40.2 Å². The van der Waals surface area contributed by atoms with E-state index in [1.807, 2.05) is 36.4 Å². The van der Waals surface area contributed by atoms with Gasteiger partial charge in [0.15, 0.2) is 5.58 Å². The number of quaternary nitrogens is 1. The number of para-hydroxylation sites is 1. The van der Waals surface area contributed by atoms with E-state index in [1.165, 1.54) is 29.1 Å². The smallest absolute Gasteiger partial charge is 0.346 e. The first-order valence-electron chi connectivity index (χ1n) is 10.1. The molecule has 29 heavy (non-hydrogen) atoms. The van der Waals surface area contributed by atoms with E-state index in [2.05, 4.69) is 11.9 Å². The highest BCUT2D eigenvalue weighted by Gasteiger charge is 2.23. The van der Waals surface area contributed by atoms with Gasteiger partial charge >= 0.3 is 5.63 Å². The fraction of sp³-hybridized carbons (Fsp3) is 0.304. The molecule has 5 nitrogen and oxygen atoms in total. The molecule has 2 N–H and O–H groups in total. The molecular formula is C23H23N2O3S+. The van der Waals surface area contributed by atoms with E-state index in [4.69, 9.17) is 4.42 Å². The molecule has 0 saturated carbocycles. The van der Waals surface area contributed by atoms with Gasteiger partial charge in [-0.2, -0.15) is 0 Å². The first kappa shape index (κ1) is 18.3. The number of rotatable bonds is 3. The van der Waals surface area contributed by atoms with Crippen LogP contribution in [0.5, 0.6) is 5.75 Å². The second-order valence-electron chi connectivity index (χ2n) is 8.03. The van der Waals surface area contributed by atoms with Crippen molar-refractivity contribution in [1.82, 2.24) is 4.98 Å². The average Bonchev–Trinajstić information content (AvgIpc) is 3.15. The van der Waals surface area contributed by atoms with E-state index in [1.54, 1.807) is 6.07 Å². The fourth-order valence-corrected chi connectivity index (χ4v) is 5.11. The first-order chi connectivity index (χ1) is 14.1. The Morgan fingerprint density at radius 2 is 2.00 bits per heavy atom. The van der Waals surface area contributed by atoms with Crippen molar-refractivity contribution < 1.29 is 14.4 Å². The number of benzene rings is 2. The Hall–Kier alpha value is -2.70. The maximum absolute atomic E-state index is 12.8. The number of hydrogen-bond donors (Lipinski definition) is 2. The molecule has 5 rings (SSSR count). The molecule has 0 radical (unpaired) electrons. The number of phenols is 1. The third-order valence-corrected chi connectivity index (χ3v) is 6.98. The minimum absolute atomic E-state index is 0.194. The summed E-state index contributed by atoms with van der Waals surface area (Å²) in [6, 6.07) is 13.2. The molecule has 2 aromatic heterocycles. The molecule has 6 heteroatoms. The summed E-state index contributed by atoms with van der Waals surface area (Å²) in [5.41, 5.74) is 2.15. The molecule has 0 amide bonds. The van der Waals surface area contributed by atoms with Gasteiger partial charge < -0.3 is 14.4 Å². The minimum atomic E-state index is -0.411. The molecule has 1 aliphatic heterocycles. The summed E-state index contributed by atoms with van der Waals surface area (Å²) in [5.74, 6) is 0.952. The van der Waals surface area contributed by atoms with Crippen LogP contribution >= 0.6 is 11.3 Å². The fourth-order valence-electron chi connectivity index (χ4n) is 4.14. The summed E-state index contributed by atoms with van der Waals surface area (Å²) >= 11 is 1.48. The van der Waals surface area contributed by atoms with E-state index >= 15 is 0 Å². The molecule has 0 atom stereocenters. The molecule has 148 valence electrons. The molecule has 4 aromatic rings. The normalized spacial score (nSPS) is 19.8. The number of nitrogens with one attached hydrogen (secondary N) is 1.